The SMILES string of the molecule is O=C(NCC#Cc1ccc(C(=O)C(F)(F)F)cc1)OCc1ccccc1. The zero-order valence-corrected chi connectivity index (χ0v) is 13.5. The van der Waals surface area contributed by atoms with Crippen molar-refractivity contribution in [1.29, 1.82) is 0 Å². The normalized spacial score (nSPS) is 10.4. The second-order valence-electron chi connectivity index (χ2n) is 5.12. The number of ether oxygens (including phenoxy) is 1. The number of alkyl carbamates (subject to hydrolysis) is 1. The molecule has 0 heterocycles. The van der Waals surface area contributed by atoms with Crippen LogP contribution in [-0.2, 0) is 11.3 Å². The van der Waals surface area contributed by atoms with Crippen LogP contribution in [0.4, 0.5) is 18.0 Å². The van der Waals surface area contributed by atoms with Crippen LogP contribution in [0.15, 0.2) is 54.6 Å². The Balaban J connectivity index is 1.79. The molecule has 0 saturated carbocycles. The van der Waals surface area contributed by atoms with Crippen molar-refractivity contribution in [3.63, 3.8) is 0 Å². The molecule has 1 amide bonds. The molecule has 0 fully saturated rings. The fourth-order valence-electron chi connectivity index (χ4n) is 1.91. The van der Waals surface area contributed by atoms with E-state index in [1.54, 1.807) is 0 Å². The van der Waals surface area contributed by atoms with E-state index in [9.17, 15) is 22.8 Å². The topological polar surface area (TPSA) is 55.4 Å². The highest BCUT2D eigenvalue weighted by Gasteiger charge is 2.39. The van der Waals surface area contributed by atoms with Crippen molar-refractivity contribution in [2.24, 2.45) is 0 Å². The largest absolute Gasteiger partial charge is 0.454 e. The van der Waals surface area contributed by atoms with Gasteiger partial charge in [-0.05, 0) is 29.8 Å². The van der Waals surface area contributed by atoms with Gasteiger partial charge < -0.3 is 10.1 Å². The van der Waals surface area contributed by atoms with Crippen molar-refractivity contribution in [3.05, 3.63) is 71.3 Å². The van der Waals surface area contributed by atoms with Crippen LogP contribution >= 0.6 is 0 Å². The summed E-state index contributed by atoms with van der Waals surface area (Å²) in [5.74, 6) is 3.40. The predicted molar refractivity (Wildman–Crippen MR) is 88.3 cm³/mol. The summed E-state index contributed by atoms with van der Waals surface area (Å²) in [6.07, 6.45) is -5.54. The van der Waals surface area contributed by atoms with E-state index in [1.165, 1.54) is 12.1 Å². The molecule has 4 nitrogen and oxygen atoms in total. The summed E-state index contributed by atoms with van der Waals surface area (Å²) in [4.78, 5) is 22.6. The molecule has 0 aliphatic heterocycles. The van der Waals surface area contributed by atoms with Gasteiger partial charge in [0.05, 0.1) is 6.54 Å². The van der Waals surface area contributed by atoms with Crippen LogP contribution in [0.2, 0.25) is 0 Å². The van der Waals surface area contributed by atoms with E-state index < -0.39 is 23.6 Å². The average Bonchev–Trinajstić information content (AvgIpc) is 2.63. The van der Waals surface area contributed by atoms with Gasteiger partial charge in [-0.1, -0.05) is 42.2 Å². The van der Waals surface area contributed by atoms with Crippen molar-refractivity contribution in [2.75, 3.05) is 6.54 Å². The lowest BCUT2D eigenvalue weighted by atomic mass is 10.1. The lowest BCUT2D eigenvalue weighted by molar-refractivity contribution is -0.0885. The Bertz CT molecular complexity index is 819. The Morgan fingerprint density at radius 1 is 1.00 bits per heavy atom. The third kappa shape index (κ3) is 5.98. The fourth-order valence-corrected chi connectivity index (χ4v) is 1.91. The van der Waals surface area contributed by atoms with Gasteiger partial charge in [0.1, 0.15) is 6.61 Å². The molecular weight excluding hydrogens is 347 g/mol. The fraction of sp³-hybridized carbons (Fsp3) is 0.158. The predicted octanol–water partition coefficient (Wildman–Crippen LogP) is 3.71. The monoisotopic (exact) mass is 361 g/mol. The van der Waals surface area contributed by atoms with E-state index in [4.69, 9.17) is 4.74 Å². The molecule has 0 spiro atoms. The molecule has 1 N–H and O–H groups in total. The van der Waals surface area contributed by atoms with Gasteiger partial charge in [-0.3, -0.25) is 4.79 Å². The first kappa shape index (κ1) is 19.1. The van der Waals surface area contributed by atoms with E-state index in [2.05, 4.69) is 17.2 Å². The summed E-state index contributed by atoms with van der Waals surface area (Å²) < 4.78 is 41.9. The Morgan fingerprint density at radius 3 is 2.27 bits per heavy atom. The molecule has 0 aromatic heterocycles. The maximum Gasteiger partial charge on any atom is 0.454 e. The summed E-state index contributed by atoms with van der Waals surface area (Å²) in [7, 11) is 0. The first-order valence-corrected chi connectivity index (χ1v) is 7.51. The zero-order valence-electron chi connectivity index (χ0n) is 13.5. The molecule has 2 rings (SSSR count). The van der Waals surface area contributed by atoms with E-state index in [0.717, 1.165) is 17.7 Å². The minimum absolute atomic E-state index is 0.0108. The maximum absolute atomic E-state index is 12.3. The third-order valence-corrected chi connectivity index (χ3v) is 3.17. The molecule has 0 bridgehead atoms. The quantitative estimate of drug-likeness (QED) is 0.667. The van der Waals surface area contributed by atoms with Gasteiger partial charge in [-0.2, -0.15) is 13.2 Å². The molecular formula is C19H14F3NO3. The maximum atomic E-state index is 12.3. The summed E-state index contributed by atoms with van der Waals surface area (Å²) >= 11 is 0. The Morgan fingerprint density at radius 2 is 1.65 bits per heavy atom. The number of nitrogens with one attached hydrogen (secondary N) is 1. The smallest absolute Gasteiger partial charge is 0.445 e. The van der Waals surface area contributed by atoms with E-state index in [-0.39, 0.29) is 13.2 Å². The van der Waals surface area contributed by atoms with Crippen LogP contribution in [0.3, 0.4) is 0 Å². The second kappa shape index (κ2) is 8.72. The molecule has 0 radical (unpaired) electrons. The number of halogens is 3. The van der Waals surface area contributed by atoms with E-state index in [0.29, 0.717) is 5.56 Å². The van der Waals surface area contributed by atoms with Crippen LogP contribution in [-0.4, -0.2) is 24.6 Å². The van der Waals surface area contributed by atoms with Crippen LogP contribution in [0.5, 0.6) is 0 Å². The Labute approximate surface area is 148 Å². The summed E-state index contributed by atoms with van der Waals surface area (Å²) in [6, 6.07) is 13.9. The second-order valence-corrected chi connectivity index (χ2v) is 5.12. The van der Waals surface area contributed by atoms with Crippen molar-refractivity contribution in [2.45, 2.75) is 12.8 Å². The Kier molecular flexibility index (Phi) is 6.39. The van der Waals surface area contributed by atoms with Gasteiger partial charge in [-0.15, -0.1) is 0 Å². The van der Waals surface area contributed by atoms with Crippen LogP contribution in [0.25, 0.3) is 0 Å². The van der Waals surface area contributed by atoms with Crippen LogP contribution in [0, 0.1) is 11.8 Å². The molecule has 134 valence electrons. The number of alkyl halides is 3. The first-order chi connectivity index (χ1) is 12.4. The van der Waals surface area contributed by atoms with Gasteiger partial charge >= 0.3 is 12.3 Å². The highest BCUT2D eigenvalue weighted by atomic mass is 19.4. The van der Waals surface area contributed by atoms with Gasteiger partial charge in [0.2, 0.25) is 0 Å². The number of hydrogen-bond donors (Lipinski definition) is 1. The Hall–Kier alpha value is -3.27. The average molecular weight is 361 g/mol. The molecule has 0 aliphatic carbocycles. The lowest BCUT2D eigenvalue weighted by Crippen LogP contribution is -2.24. The third-order valence-electron chi connectivity index (χ3n) is 3.17. The van der Waals surface area contributed by atoms with Crippen molar-refractivity contribution >= 4 is 11.9 Å². The molecule has 7 heteroatoms. The van der Waals surface area contributed by atoms with Crippen molar-refractivity contribution in [3.8, 4) is 11.8 Å². The molecule has 0 unspecified atom stereocenters. The molecule has 26 heavy (non-hydrogen) atoms. The summed E-state index contributed by atoms with van der Waals surface area (Å²) in [6.45, 7) is 0.144. The number of hydrogen-bond acceptors (Lipinski definition) is 3. The number of amides is 1. The van der Waals surface area contributed by atoms with Gasteiger partial charge in [0, 0.05) is 11.1 Å². The number of carbonyl (C=O) groups excluding carboxylic acids is 2. The minimum atomic E-state index is -4.91. The van der Waals surface area contributed by atoms with Crippen molar-refractivity contribution in [1.82, 2.24) is 5.32 Å². The number of rotatable bonds is 4. The van der Waals surface area contributed by atoms with Gasteiger partial charge in [-0.25, -0.2) is 4.79 Å². The molecule has 0 aliphatic rings. The standard InChI is InChI=1S/C19H14F3NO3/c20-19(21,22)17(24)16-10-8-14(9-11-16)7-4-12-23-18(25)26-13-15-5-2-1-3-6-15/h1-3,5-6,8-11H,12-13H2,(H,23,25). The first-order valence-electron chi connectivity index (χ1n) is 7.51. The van der Waals surface area contributed by atoms with Crippen molar-refractivity contribution < 1.29 is 27.5 Å². The van der Waals surface area contributed by atoms with E-state index >= 15 is 0 Å². The number of ketones is 1. The summed E-state index contributed by atoms with van der Waals surface area (Å²) in [5, 5.41) is 2.44. The minimum Gasteiger partial charge on any atom is -0.445 e. The van der Waals surface area contributed by atoms with Gasteiger partial charge in [0.25, 0.3) is 5.78 Å². The molecule has 2 aromatic carbocycles. The number of Topliss-reactive ketones (excluding diaryl/α,β-unsaturated/α-hetero) is 1. The molecule has 0 saturated heterocycles. The number of carbonyl (C=O) groups is 2. The van der Waals surface area contributed by atoms with Gasteiger partial charge in [0.15, 0.2) is 0 Å². The zero-order chi connectivity index (χ0) is 19.0. The van der Waals surface area contributed by atoms with Crippen LogP contribution < -0.4 is 5.32 Å². The highest BCUT2D eigenvalue weighted by molar-refractivity contribution is 6.00. The molecule has 2 aromatic rings. The lowest BCUT2D eigenvalue weighted by Gasteiger charge is -2.05. The highest BCUT2D eigenvalue weighted by Crippen LogP contribution is 2.21. The molecule has 0 atom stereocenters. The van der Waals surface area contributed by atoms with E-state index in [1.807, 2.05) is 30.3 Å². The number of benzene rings is 2. The van der Waals surface area contributed by atoms with Crippen LogP contribution in [0.1, 0.15) is 21.5 Å². The summed E-state index contributed by atoms with van der Waals surface area (Å²) in [5.41, 5.74) is 0.816.